The summed E-state index contributed by atoms with van der Waals surface area (Å²) < 4.78 is 41.0. The number of fused-ring (bicyclic) bond motifs is 1. The maximum absolute atomic E-state index is 13.5. The molecule has 1 aromatic carbocycles. The maximum atomic E-state index is 13.5. The van der Waals surface area contributed by atoms with Crippen molar-refractivity contribution >= 4 is 28.2 Å². The van der Waals surface area contributed by atoms with Crippen LogP contribution in [0.1, 0.15) is 22.3 Å². The van der Waals surface area contributed by atoms with Crippen LogP contribution < -0.4 is 0 Å². The van der Waals surface area contributed by atoms with Crippen molar-refractivity contribution in [3.05, 3.63) is 70.4 Å². The fourth-order valence-electron chi connectivity index (χ4n) is 2.78. The number of carbonyl (C=O) groups is 1. The predicted molar refractivity (Wildman–Crippen MR) is 96.5 cm³/mol. The first kappa shape index (κ1) is 17.4. The van der Waals surface area contributed by atoms with Crippen molar-refractivity contribution in [2.24, 2.45) is 0 Å². The number of benzene rings is 1. The van der Waals surface area contributed by atoms with Gasteiger partial charge in [-0.25, -0.2) is 13.2 Å². The molecular formula is C19H12F3N3OS. The molecule has 0 saturated heterocycles. The summed E-state index contributed by atoms with van der Waals surface area (Å²) in [5, 5.41) is 7.79. The molecule has 3 heterocycles. The Balaban J connectivity index is 1.72. The Morgan fingerprint density at radius 1 is 1.15 bits per heavy atom. The Bertz CT molecular complexity index is 1120. The molecule has 0 N–H and O–H groups in total. The van der Waals surface area contributed by atoms with Gasteiger partial charge in [0.1, 0.15) is 17.9 Å². The van der Waals surface area contributed by atoms with E-state index in [4.69, 9.17) is 0 Å². The summed E-state index contributed by atoms with van der Waals surface area (Å²) in [6, 6.07) is 6.99. The molecule has 0 aliphatic heterocycles. The highest BCUT2D eigenvalue weighted by Crippen LogP contribution is 2.29. The number of carbonyl (C=O) groups excluding carboxylic acids is 1. The Hall–Kier alpha value is -3.00. The van der Waals surface area contributed by atoms with E-state index < -0.39 is 17.8 Å². The molecule has 0 saturated carbocycles. The SMILES string of the molecule is O=C(Cn1ncc2ncc(-c3ccc(F)c(C(F)F)c3)cc21)c1ccsc1. The van der Waals surface area contributed by atoms with Crippen LogP contribution in [0.2, 0.25) is 0 Å². The van der Waals surface area contributed by atoms with Gasteiger partial charge >= 0.3 is 0 Å². The second-order valence-corrected chi connectivity index (χ2v) is 6.68. The van der Waals surface area contributed by atoms with E-state index in [-0.39, 0.29) is 12.3 Å². The van der Waals surface area contributed by atoms with E-state index in [0.29, 0.717) is 27.7 Å². The summed E-state index contributed by atoms with van der Waals surface area (Å²) in [7, 11) is 0. The van der Waals surface area contributed by atoms with Crippen LogP contribution in [0.25, 0.3) is 22.2 Å². The summed E-state index contributed by atoms with van der Waals surface area (Å²) in [5.41, 5.74) is 2.07. The number of pyridine rings is 1. The Kier molecular flexibility index (Phi) is 4.49. The number of ketones is 1. The molecule has 4 aromatic rings. The van der Waals surface area contributed by atoms with Crippen molar-refractivity contribution in [3.8, 4) is 11.1 Å². The zero-order valence-electron chi connectivity index (χ0n) is 13.8. The van der Waals surface area contributed by atoms with Crippen molar-refractivity contribution in [1.82, 2.24) is 14.8 Å². The Labute approximate surface area is 155 Å². The van der Waals surface area contributed by atoms with E-state index in [1.54, 1.807) is 17.5 Å². The van der Waals surface area contributed by atoms with Gasteiger partial charge in [0, 0.05) is 22.7 Å². The molecule has 136 valence electrons. The third-order valence-electron chi connectivity index (χ3n) is 4.20. The first-order chi connectivity index (χ1) is 13.0. The molecule has 4 nitrogen and oxygen atoms in total. The molecule has 0 radical (unpaired) electrons. The number of hydrogen-bond donors (Lipinski definition) is 0. The van der Waals surface area contributed by atoms with Gasteiger partial charge in [-0.1, -0.05) is 6.07 Å². The van der Waals surface area contributed by atoms with Crippen LogP contribution in [0.3, 0.4) is 0 Å². The number of halogens is 3. The third-order valence-corrected chi connectivity index (χ3v) is 4.88. The van der Waals surface area contributed by atoms with E-state index in [9.17, 15) is 18.0 Å². The highest BCUT2D eigenvalue weighted by molar-refractivity contribution is 7.08. The van der Waals surface area contributed by atoms with Crippen LogP contribution in [0.4, 0.5) is 13.2 Å². The summed E-state index contributed by atoms with van der Waals surface area (Å²) in [5.74, 6) is -1.04. The molecule has 4 rings (SSSR count). The zero-order valence-corrected chi connectivity index (χ0v) is 14.6. The van der Waals surface area contributed by atoms with Gasteiger partial charge in [-0.15, -0.1) is 0 Å². The molecule has 0 aliphatic rings. The van der Waals surface area contributed by atoms with E-state index in [1.807, 2.05) is 5.38 Å². The second-order valence-electron chi connectivity index (χ2n) is 5.90. The van der Waals surface area contributed by atoms with Gasteiger partial charge in [0.2, 0.25) is 0 Å². The van der Waals surface area contributed by atoms with Crippen LogP contribution in [0, 0.1) is 5.82 Å². The minimum atomic E-state index is -2.91. The molecule has 8 heteroatoms. The van der Waals surface area contributed by atoms with Crippen molar-refractivity contribution in [3.63, 3.8) is 0 Å². The van der Waals surface area contributed by atoms with Crippen molar-refractivity contribution in [1.29, 1.82) is 0 Å². The number of rotatable bonds is 5. The molecule has 3 aromatic heterocycles. The largest absolute Gasteiger partial charge is 0.292 e. The van der Waals surface area contributed by atoms with E-state index in [0.717, 1.165) is 12.1 Å². The lowest BCUT2D eigenvalue weighted by atomic mass is 10.0. The molecule has 0 atom stereocenters. The predicted octanol–water partition coefficient (Wildman–Crippen LogP) is 5.12. The van der Waals surface area contributed by atoms with Gasteiger partial charge in [0.05, 0.1) is 17.3 Å². The van der Waals surface area contributed by atoms with Crippen molar-refractivity contribution in [2.75, 3.05) is 0 Å². The fraction of sp³-hybridized carbons (Fsp3) is 0.105. The first-order valence-corrected chi connectivity index (χ1v) is 8.92. The van der Waals surface area contributed by atoms with E-state index in [1.165, 1.54) is 34.5 Å². The average Bonchev–Trinajstić information content (AvgIpc) is 3.32. The Morgan fingerprint density at radius 2 is 2.00 bits per heavy atom. The van der Waals surface area contributed by atoms with E-state index >= 15 is 0 Å². The van der Waals surface area contributed by atoms with Crippen LogP contribution >= 0.6 is 11.3 Å². The Morgan fingerprint density at radius 3 is 2.74 bits per heavy atom. The molecule has 0 unspecified atom stereocenters. The molecule has 0 bridgehead atoms. The fourth-order valence-corrected chi connectivity index (χ4v) is 3.44. The monoisotopic (exact) mass is 387 g/mol. The number of aromatic nitrogens is 3. The molecule has 0 spiro atoms. The van der Waals surface area contributed by atoms with Crippen LogP contribution in [0.15, 0.2) is 53.5 Å². The third kappa shape index (κ3) is 3.35. The molecule has 0 amide bonds. The topological polar surface area (TPSA) is 47.8 Å². The number of hydrogen-bond acceptors (Lipinski definition) is 4. The zero-order chi connectivity index (χ0) is 19.0. The van der Waals surface area contributed by atoms with Crippen molar-refractivity contribution in [2.45, 2.75) is 13.0 Å². The van der Waals surface area contributed by atoms with Crippen molar-refractivity contribution < 1.29 is 18.0 Å². The van der Waals surface area contributed by atoms with Gasteiger partial charge in [-0.2, -0.15) is 16.4 Å². The first-order valence-electron chi connectivity index (χ1n) is 7.98. The number of alkyl halides is 2. The highest BCUT2D eigenvalue weighted by atomic mass is 32.1. The lowest BCUT2D eigenvalue weighted by Gasteiger charge is -2.07. The van der Waals surface area contributed by atoms with Gasteiger partial charge in [-0.3, -0.25) is 14.5 Å². The summed E-state index contributed by atoms with van der Waals surface area (Å²) >= 11 is 1.43. The standard InChI is InChI=1S/C19H12F3N3OS/c20-15-2-1-11(5-14(15)19(21)22)13-6-17-16(23-7-13)8-24-25(17)9-18(26)12-3-4-27-10-12/h1-8,10,19H,9H2. The summed E-state index contributed by atoms with van der Waals surface area (Å²) in [4.78, 5) is 16.6. The average molecular weight is 387 g/mol. The van der Waals surface area contributed by atoms with Gasteiger partial charge in [-0.05, 0) is 35.2 Å². The molecule has 27 heavy (non-hydrogen) atoms. The molecule has 0 fully saturated rings. The van der Waals surface area contributed by atoms with Crippen LogP contribution in [0.5, 0.6) is 0 Å². The minimum Gasteiger partial charge on any atom is -0.292 e. The normalized spacial score (nSPS) is 11.4. The highest BCUT2D eigenvalue weighted by Gasteiger charge is 2.16. The second kappa shape index (κ2) is 6.96. The lowest BCUT2D eigenvalue weighted by Crippen LogP contribution is -2.10. The van der Waals surface area contributed by atoms with Gasteiger partial charge < -0.3 is 0 Å². The summed E-state index contributed by atoms with van der Waals surface area (Å²) in [6.07, 6.45) is 0.141. The van der Waals surface area contributed by atoms with Crippen LogP contribution in [-0.2, 0) is 6.54 Å². The maximum Gasteiger partial charge on any atom is 0.266 e. The lowest BCUT2D eigenvalue weighted by molar-refractivity contribution is 0.0969. The number of Topliss-reactive ketones (excluding diaryl/α,β-unsaturated/α-hetero) is 1. The van der Waals surface area contributed by atoms with Gasteiger partial charge in [0.15, 0.2) is 5.78 Å². The minimum absolute atomic E-state index is 0.0388. The summed E-state index contributed by atoms with van der Waals surface area (Å²) in [6.45, 7) is 0.0388. The molecular weight excluding hydrogens is 375 g/mol. The van der Waals surface area contributed by atoms with Gasteiger partial charge in [0.25, 0.3) is 6.43 Å². The number of nitrogens with zero attached hydrogens (tertiary/aromatic N) is 3. The van der Waals surface area contributed by atoms with E-state index in [2.05, 4.69) is 10.1 Å². The quantitative estimate of drug-likeness (QED) is 0.447. The smallest absolute Gasteiger partial charge is 0.266 e. The van der Waals surface area contributed by atoms with Crippen LogP contribution in [-0.4, -0.2) is 20.5 Å². The molecule has 0 aliphatic carbocycles. The number of thiophene rings is 1.